The van der Waals surface area contributed by atoms with Crippen LogP contribution in [0.15, 0.2) is 0 Å². The molecule has 0 aliphatic rings. The summed E-state index contributed by atoms with van der Waals surface area (Å²) in [5.41, 5.74) is -3.89. The first kappa shape index (κ1) is 15.6. The topological polar surface area (TPSA) is 0 Å². The Kier molecular flexibility index (Phi) is 6.64. The Morgan fingerprint density at radius 3 is 2.07 bits per heavy atom. The minimum atomic E-state index is -4.07. The average molecular weight is 307 g/mol. The highest BCUT2D eigenvalue weighted by Gasteiger charge is 2.27. The van der Waals surface area contributed by atoms with E-state index in [9.17, 15) is 13.2 Å². The van der Waals surface area contributed by atoms with E-state index in [0.29, 0.717) is 11.2 Å². The molecule has 92 valence electrons. The summed E-state index contributed by atoms with van der Waals surface area (Å²) in [6.45, 7) is 6.37. The first-order chi connectivity index (χ1) is 6.63. The Morgan fingerprint density at radius 2 is 1.67 bits per heavy atom. The van der Waals surface area contributed by atoms with E-state index in [0.717, 1.165) is 12.8 Å². The van der Waals surface area contributed by atoms with Crippen LogP contribution >= 0.6 is 27.7 Å². The maximum atomic E-state index is 11.8. The van der Waals surface area contributed by atoms with Gasteiger partial charge in [-0.1, -0.05) is 54.9 Å². The quantitative estimate of drug-likeness (QED) is 0.496. The summed E-state index contributed by atoms with van der Waals surface area (Å²) in [6, 6.07) is 0. The van der Waals surface area contributed by atoms with E-state index in [1.165, 1.54) is 0 Å². The van der Waals surface area contributed by atoms with Crippen LogP contribution in [0.2, 0.25) is 0 Å². The van der Waals surface area contributed by atoms with Crippen LogP contribution in [0.3, 0.4) is 0 Å². The van der Waals surface area contributed by atoms with Gasteiger partial charge in [-0.05, 0) is 18.3 Å². The molecule has 0 amide bonds. The molecule has 0 nitrogen and oxygen atoms in total. The molecule has 0 radical (unpaired) electrons. The third-order valence-corrected chi connectivity index (χ3v) is 4.71. The molecule has 0 saturated carbocycles. The minimum Gasteiger partial charge on any atom is -0.160 e. The lowest BCUT2D eigenvalue weighted by atomic mass is 9.89. The second-order valence-electron chi connectivity index (χ2n) is 4.62. The smallest absolute Gasteiger partial charge is 0.160 e. The molecule has 5 heteroatoms. The minimum absolute atomic E-state index is 0.0774. The van der Waals surface area contributed by atoms with Crippen molar-refractivity contribution >= 4 is 27.7 Å². The summed E-state index contributed by atoms with van der Waals surface area (Å²) in [6.07, 6.45) is 2.40. The lowest BCUT2D eigenvalue weighted by Crippen LogP contribution is -2.19. The molecule has 0 aliphatic carbocycles. The summed E-state index contributed by atoms with van der Waals surface area (Å²) in [4.78, 5) is 0.376. The van der Waals surface area contributed by atoms with Crippen LogP contribution in [-0.2, 0) is 0 Å². The summed E-state index contributed by atoms with van der Waals surface area (Å²) in [5, 5.41) is 0. The maximum Gasteiger partial charge on any atom is 0.441 e. The van der Waals surface area contributed by atoms with Gasteiger partial charge in [0.25, 0.3) is 0 Å². The van der Waals surface area contributed by atoms with Crippen LogP contribution < -0.4 is 0 Å². The summed E-state index contributed by atoms with van der Waals surface area (Å²) in [5.74, 6) is 0.174. The Balaban J connectivity index is 3.48. The van der Waals surface area contributed by atoms with E-state index in [1.54, 1.807) is 0 Å². The third-order valence-electron chi connectivity index (χ3n) is 2.06. The fourth-order valence-electron chi connectivity index (χ4n) is 1.05. The van der Waals surface area contributed by atoms with Gasteiger partial charge in [0.15, 0.2) is 0 Å². The number of alkyl halides is 4. The molecule has 15 heavy (non-hydrogen) atoms. The van der Waals surface area contributed by atoms with E-state index in [4.69, 9.17) is 0 Å². The van der Waals surface area contributed by atoms with E-state index in [1.807, 2.05) is 0 Å². The van der Waals surface area contributed by atoms with E-state index in [2.05, 4.69) is 36.7 Å². The first-order valence-electron chi connectivity index (χ1n) is 4.97. The van der Waals surface area contributed by atoms with E-state index < -0.39 is 5.51 Å². The van der Waals surface area contributed by atoms with E-state index in [-0.39, 0.29) is 22.9 Å². The van der Waals surface area contributed by atoms with Crippen molar-refractivity contribution in [3.63, 3.8) is 0 Å². The monoisotopic (exact) mass is 306 g/mol. The molecule has 0 saturated heterocycles. The normalized spacial score (nSPS) is 15.4. The van der Waals surface area contributed by atoms with Crippen molar-refractivity contribution in [1.82, 2.24) is 0 Å². The Labute approximate surface area is 103 Å². The molecule has 0 aromatic carbocycles. The predicted molar refractivity (Wildman–Crippen MR) is 64.5 cm³/mol. The molecule has 0 N–H and O–H groups in total. The van der Waals surface area contributed by atoms with Gasteiger partial charge in [-0.25, -0.2) is 0 Å². The SMILES string of the molecule is CC(C)(C)C(Br)CCCCSC(F)(F)F. The fraction of sp³-hybridized carbons (Fsp3) is 1.00. The van der Waals surface area contributed by atoms with Gasteiger partial charge in [0.1, 0.15) is 0 Å². The molecule has 0 rings (SSSR count). The average Bonchev–Trinajstić information content (AvgIpc) is 1.99. The zero-order valence-corrected chi connectivity index (χ0v) is 11.7. The fourth-order valence-corrected chi connectivity index (χ4v) is 1.95. The number of hydrogen-bond donors (Lipinski definition) is 0. The Bertz CT molecular complexity index is 174. The van der Waals surface area contributed by atoms with Crippen LogP contribution in [-0.4, -0.2) is 16.1 Å². The zero-order chi connectivity index (χ0) is 12.1. The van der Waals surface area contributed by atoms with Gasteiger partial charge in [0, 0.05) is 10.6 Å². The lowest BCUT2D eigenvalue weighted by molar-refractivity contribution is -0.0328. The Hall–Kier alpha value is 0.620. The van der Waals surface area contributed by atoms with Crippen molar-refractivity contribution in [2.24, 2.45) is 5.41 Å². The van der Waals surface area contributed by atoms with Crippen molar-refractivity contribution in [2.75, 3.05) is 5.75 Å². The van der Waals surface area contributed by atoms with Crippen molar-refractivity contribution in [3.05, 3.63) is 0 Å². The van der Waals surface area contributed by atoms with Crippen LogP contribution in [0.4, 0.5) is 13.2 Å². The van der Waals surface area contributed by atoms with Crippen LogP contribution in [0.5, 0.6) is 0 Å². The molecular weight excluding hydrogens is 289 g/mol. The van der Waals surface area contributed by atoms with Crippen LogP contribution in [0.25, 0.3) is 0 Å². The van der Waals surface area contributed by atoms with Crippen molar-refractivity contribution in [2.45, 2.75) is 50.4 Å². The molecule has 0 heterocycles. The lowest BCUT2D eigenvalue weighted by Gasteiger charge is -2.25. The molecule has 0 fully saturated rings. The summed E-state index contributed by atoms with van der Waals surface area (Å²) in [7, 11) is 0. The number of halogens is 4. The van der Waals surface area contributed by atoms with E-state index >= 15 is 0 Å². The molecule has 1 atom stereocenters. The number of rotatable bonds is 5. The molecule has 0 aromatic heterocycles. The Morgan fingerprint density at radius 1 is 1.13 bits per heavy atom. The van der Waals surface area contributed by atoms with Crippen LogP contribution in [0.1, 0.15) is 40.0 Å². The number of unbranched alkanes of at least 4 members (excludes halogenated alkanes) is 1. The van der Waals surface area contributed by atoms with Gasteiger partial charge in [-0.2, -0.15) is 13.2 Å². The van der Waals surface area contributed by atoms with Crippen LogP contribution in [0, 0.1) is 5.41 Å². The van der Waals surface area contributed by atoms with Gasteiger partial charge < -0.3 is 0 Å². The number of hydrogen-bond acceptors (Lipinski definition) is 1. The molecule has 0 spiro atoms. The van der Waals surface area contributed by atoms with Crippen molar-refractivity contribution in [3.8, 4) is 0 Å². The van der Waals surface area contributed by atoms with Gasteiger partial charge in [0.05, 0.1) is 0 Å². The molecule has 0 aromatic rings. The highest BCUT2D eigenvalue weighted by atomic mass is 79.9. The molecule has 1 unspecified atom stereocenters. The number of thioether (sulfide) groups is 1. The highest BCUT2D eigenvalue weighted by Crippen LogP contribution is 2.32. The molecule has 0 aliphatic heterocycles. The van der Waals surface area contributed by atoms with Crippen molar-refractivity contribution in [1.29, 1.82) is 0 Å². The van der Waals surface area contributed by atoms with Gasteiger partial charge >= 0.3 is 5.51 Å². The third kappa shape index (κ3) is 9.54. The molecule has 0 bridgehead atoms. The predicted octanol–water partition coefficient (Wildman–Crippen LogP) is 5.22. The van der Waals surface area contributed by atoms with Gasteiger partial charge in [0.2, 0.25) is 0 Å². The molecular formula is C10H18BrF3S. The van der Waals surface area contributed by atoms with Gasteiger partial charge in [-0.15, -0.1) is 0 Å². The van der Waals surface area contributed by atoms with Crippen molar-refractivity contribution < 1.29 is 13.2 Å². The van der Waals surface area contributed by atoms with Gasteiger partial charge in [-0.3, -0.25) is 0 Å². The largest absolute Gasteiger partial charge is 0.441 e. The standard InChI is InChI=1S/C10H18BrF3S/c1-9(2,3)8(11)6-4-5-7-15-10(12,13)14/h8H,4-7H2,1-3H3. The maximum absolute atomic E-state index is 11.8. The zero-order valence-electron chi connectivity index (χ0n) is 9.33. The summed E-state index contributed by atoms with van der Waals surface area (Å²) >= 11 is 3.64. The second-order valence-corrected chi connectivity index (χ2v) is 6.89. The first-order valence-corrected chi connectivity index (χ1v) is 6.88. The summed E-state index contributed by atoms with van der Waals surface area (Å²) < 4.78 is 35.4. The second kappa shape index (κ2) is 6.38. The highest BCUT2D eigenvalue weighted by molar-refractivity contribution is 9.09.